The van der Waals surface area contributed by atoms with E-state index in [1.807, 2.05) is 24.3 Å². The Hall–Kier alpha value is -1.97. The first-order valence-corrected chi connectivity index (χ1v) is 4.22. The molecule has 2 aromatic rings. The van der Waals surface area contributed by atoms with Crippen LogP contribution < -0.4 is 0 Å². The first kappa shape index (κ1) is 8.62. The Morgan fingerprint density at radius 1 is 1.29 bits per heavy atom. The lowest BCUT2D eigenvalue weighted by Crippen LogP contribution is -1.96. The minimum Gasteiger partial charge on any atom is -0.411 e. The lowest BCUT2D eigenvalue weighted by atomic mass is 10.2. The second-order valence-electron chi connectivity index (χ2n) is 2.92. The van der Waals surface area contributed by atoms with Gasteiger partial charge in [-0.3, -0.25) is 0 Å². The molecule has 0 unspecified atom stereocenters. The van der Waals surface area contributed by atoms with E-state index in [1.54, 1.807) is 6.92 Å². The average Bonchev–Trinajstić information content (AvgIpc) is 2.18. The summed E-state index contributed by atoms with van der Waals surface area (Å²) in [4.78, 5) is 8.43. The maximum Gasteiger partial charge on any atom is 0.126 e. The molecule has 1 aromatic carbocycles. The quantitative estimate of drug-likeness (QED) is 0.420. The molecular weight excluding hydrogens is 178 g/mol. The highest BCUT2D eigenvalue weighted by Crippen LogP contribution is 2.13. The van der Waals surface area contributed by atoms with E-state index in [0.717, 1.165) is 10.9 Å². The maximum absolute atomic E-state index is 8.48. The van der Waals surface area contributed by atoms with Crippen LogP contribution in [-0.4, -0.2) is 21.4 Å². The number of rotatable bonds is 1. The fourth-order valence-corrected chi connectivity index (χ4v) is 1.37. The van der Waals surface area contributed by atoms with E-state index in [1.165, 1.54) is 6.21 Å². The number of para-hydroxylation sites is 1. The highest BCUT2D eigenvalue weighted by molar-refractivity contribution is 5.95. The van der Waals surface area contributed by atoms with Gasteiger partial charge in [0.15, 0.2) is 0 Å². The van der Waals surface area contributed by atoms with Crippen LogP contribution in [-0.2, 0) is 0 Å². The average molecular weight is 187 g/mol. The zero-order valence-electron chi connectivity index (χ0n) is 7.68. The van der Waals surface area contributed by atoms with E-state index in [4.69, 9.17) is 5.21 Å². The van der Waals surface area contributed by atoms with Gasteiger partial charge < -0.3 is 5.21 Å². The molecule has 2 rings (SSSR count). The maximum atomic E-state index is 8.48. The molecule has 1 aromatic heterocycles. The van der Waals surface area contributed by atoms with E-state index in [-0.39, 0.29) is 0 Å². The second-order valence-corrected chi connectivity index (χ2v) is 2.92. The van der Waals surface area contributed by atoms with Gasteiger partial charge in [-0.25, -0.2) is 9.97 Å². The number of aromatic nitrogens is 2. The highest BCUT2D eigenvalue weighted by Gasteiger charge is 2.02. The monoisotopic (exact) mass is 187 g/mol. The molecule has 1 N–H and O–H groups in total. The van der Waals surface area contributed by atoms with Crippen molar-refractivity contribution in [3.63, 3.8) is 0 Å². The predicted molar refractivity (Wildman–Crippen MR) is 53.7 cm³/mol. The standard InChI is InChI=1S/C10H9N3O/c1-7-12-9-5-3-2-4-8(9)10(13-7)6-11-14/h2-6,14H,1H3/b11-6+. The van der Waals surface area contributed by atoms with Gasteiger partial charge in [0, 0.05) is 5.39 Å². The van der Waals surface area contributed by atoms with Crippen molar-refractivity contribution in [1.82, 2.24) is 9.97 Å². The minimum atomic E-state index is 0.635. The van der Waals surface area contributed by atoms with Gasteiger partial charge in [0.25, 0.3) is 0 Å². The van der Waals surface area contributed by atoms with Crippen LogP contribution in [0.3, 0.4) is 0 Å². The van der Waals surface area contributed by atoms with Crippen LogP contribution in [0.4, 0.5) is 0 Å². The molecule has 0 aliphatic heterocycles. The van der Waals surface area contributed by atoms with Crippen molar-refractivity contribution in [3.05, 3.63) is 35.8 Å². The summed E-state index contributed by atoms with van der Waals surface area (Å²) in [7, 11) is 0. The molecule has 0 radical (unpaired) electrons. The molecule has 70 valence electrons. The van der Waals surface area contributed by atoms with Crippen LogP contribution >= 0.6 is 0 Å². The Morgan fingerprint density at radius 3 is 2.86 bits per heavy atom. The molecule has 0 atom stereocenters. The van der Waals surface area contributed by atoms with Crippen molar-refractivity contribution >= 4 is 17.1 Å². The van der Waals surface area contributed by atoms with E-state index in [0.29, 0.717) is 11.5 Å². The fourth-order valence-electron chi connectivity index (χ4n) is 1.37. The van der Waals surface area contributed by atoms with Crippen molar-refractivity contribution < 1.29 is 5.21 Å². The van der Waals surface area contributed by atoms with Crippen molar-refractivity contribution in [3.8, 4) is 0 Å². The molecule has 0 fully saturated rings. The normalized spacial score (nSPS) is 11.2. The molecule has 14 heavy (non-hydrogen) atoms. The van der Waals surface area contributed by atoms with E-state index in [2.05, 4.69) is 15.1 Å². The van der Waals surface area contributed by atoms with Crippen molar-refractivity contribution in [2.45, 2.75) is 6.92 Å². The molecule has 0 saturated heterocycles. The Labute approximate surface area is 80.9 Å². The first-order chi connectivity index (χ1) is 6.81. The Bertz CT molecular complexity index is 494. The summed E-state index contributed by atoms with van der Waals surface area (Å²) in [5.41, 5.74) is 1.49. The number of fused-ring (bicyclic) bond motifs is 1. The molecule has 0 bridgehead atoms. The third-order valence-electron chi connectivity index (χ3n) is 1.92. The Balaban J connectivity index is 2.79. The summed E-state index contributed by atoms with van der Waals surface area (Å²) in [5, 5.41) is 12.3. The molecule has 0 aliphatic rings. The number of aryl methyl sites for hydroxylation is 1. The minimum absolute atomic E-state index is 0.635. The van der Waals surface area contributed by atoms with Crippen molar-refractivity contribution in [2.24, 2.45) is 5.16 Å². The van der Waals surface area contributed by atoms with Crippen molar-refractivity contribution in [2.75, 3.05) is 0 Å². The summed E-state index contributed by atoms with van der Waals surface area (Å²) < 4.78 is 0. The second kappa shape index (κ2) is 3.41. The SMILES string of the molecule is Cc1nc(/C=N/O)c2ccccc2n1. The highest BCUT2D eigenvalue weighted by atomic mass is 16.4. The summed E-state index contributed by atoms with van der Waals surface area (Å²) in [6, 6.07) is 7.61. The molecule has 1 heterocycles. The van der Waals surface area contributed by atoms with E-state index in [9.17, 15) is 0 Å². The number of nitrogens with zero attached hydrogens (tertiary/aromatic N) is 3. The molecule has 0 saturated carbocycles. The zero-order valence-corrected chi connectivity index (χ0v) is 7.68. The number of hydrogen-bond donors (Lipinski definition) is 1. The predicted octanol–water partition coefficient (Wildman–Crippen LogP) is 1.75. The van der Waals surface area contributed by atoms with Gasteiger partial charge in [0.2, 0.25) is 0 Å². The number of oxime groups is 1. The van der Waals surface area contributed by atoms with Gasteiger partial charge in [0.05, 0.1) is 17.4 Å². The molecule has 0 spiro atoms. The van der Waals surface area contributed by atoms with Crippen LogP contribution in [0.15, 0.2) is 29.4 Å². The van der Waals surface area contributed by atoms with Gasteiger partial charge in [-0.2, -0.15) is 0 Å². The van der Waals surface area contributed by atoms with Crippen LogP contribution in [0.5, 0.6) is 0 Å². The van der Waals surface area contributed by atoms with E-state index < -0.39 is 0 Å². The Morgan fingerprint density at radius 2 is 2.07 bits per heavy atom. The van der Waals surface area contributed by atoms with Crippen LogP contribution in [0.25, 0.3) is 10.9 Å². The number of hydrogen-bond acceptors (Lipinski definition) is 4. The largest absolute Gasteiger partial charge is 0.411 e. The van der Waals surface area contributed by atoms with Crippen LogP contribution in [0, 0.1) is 6.92 Å². The molecule has 4 nitrogen and oxygen atoms in total. The molecular formula is C10H9N3O. The smallest absolute Gasteiger partial charge is 0.126 e. The van der Waals surface area contributed by atoms with Crippen molar-refractivity contribution in [1.29, 1.82) is 0 Å². The van der Waals surface area contributed by atoms with Gasteiger partial charge in [0.1, 0.15) is 5.82 Å². The number of benzene rings is 1. The topological polar surface area (TPSA) is 58.4 Å². The summed E-state index contributed by atoms with van der Waals surface area (Å²) in [6.07, 6.45) is 1.32. The lowest BCUT2D eigenvalue weighted by Gasteiger charge is -2.01. The summed E-state index contributed by atoms with van der Waals surface area (Å²) >= 11 is 0. The van der Waals surface area contributed by atoms with Crippen LogP contribution in [0.2, 0.25) is 0 Å². The summed E-state index contributed by atoms with van der Waals surface area (Å²) in [6.45, 7) is 1.81. The molecule has 0 aliphatic carbocycles. The molecule has 4 heteroatoms. The van der Waals surface area contributed by atoms with Crippen LogP contribution in [0.1, 0.15) is 11.5 Å². The lowest BCUT2D eigenvalue weighted by molar-refractivity contribution is 0.321. The van der Waals surface area contributed by atoms with E-state index >= 15 is 0 Å². The fraction of sp³-hybridized carbons (Fsp3) is 0.100. The van der Waals surface area contributed by atoms with Gasteiger partial charge >= 0.3 is 0 Å². The Kier molecular flexibility index (Phi) is 2.10. The van der Waals surface area contributed by atoms with Gasteiger partial charge in [-0.15, -0.1) is 0 Å². The molecule has 0 amide bonds. The summed E-state index contributed by atoms with van der Waals surface area (Å²) in [5.74, 6) is 0.665. The first-order valence-electron chi connectivity index (χ1n) is 4.22. The zero-order chi connectivity index (χ0) is 9.97. The van der Waals surface area contributed by atoms with Gasteiger partial charge in [-0.1, -0.05) is 23.4 Å². The third kappa shape index (κ3) is 1.42. The van der Waals surface area contributed by atoms with Gasteiger partial charge in [-0.05, 0) is 13.0 Å². The third-order valence-corrected chi connectivity index (χ3v) is 1.92.